The Kier molecular flexibility index (Phi) is 6.79. The van der Waals surface area contributed by atoms with Gasteiger partial charge in [0.25, 0.3) is 0 Å². The molecule has 1 saturated carbocycles. The van der Waals surface area contributed by atoms with Gasteiger partial charge in [-0.3, -0.25) is 14.5 Å². The Bertz CT molecular complexity index is 928. The molecule has 1 aliphatic carbocycles. The number of nitrogens with zero attached hydrogens (tertiary/aromatic N) is 2. The molecule has 2 aliphatic rings. The van der Waals surface area contributed by atoms with Crippen molar-refractivity contribution in [1.29, 1.82) is 0 Å². The van der Waals surface area contributed by atoms with E-state index < -0.39 is 21.5 Å². The minimum Gasteiger partial charge on any atom is -0.351 e. The maximum absolute atomic E-state index is 13.5. The molecule has 30 heavy (non-hydrogen) atoms. The number of sulfonamides is 1. The van der Waals surface area contributed by atoms with E-state index in [1.165, 1.54) is 4.90 Å². The highest BCUT2D eigenvalue weighted by Crippen LogP contribution is 2.34. The van der Waals surface area contributed by atoms with E-state index >= 15 is 0 Å². The molecule has 0 radical (unpaired) electrons. The molecule has 9 heteroatoms. The Morgan fingerprint density at radius 1 is 1.20 bits per heavy atom. The number of nitrogens with one attached hydrogen (secondary N) is 1. The summed E-state index contributed by atoms with van der Waals surface area (Å²) < 4.78 is 25.6. The fourth-order valence-electron chi connectivity index (χ4n) is 4.36. The first-order chi connectivity index (χ1) is 14.0. The standard InChI is InChI=1S/C21H30ClN3O4S/c1-15-10-11-16(22)12-18(15)25-19(26)13-24(30(3,28)29)14-21(25,2)20(27)23-17-8-6-4-5-7-9-17/h10-12,17H,4-9,13-14H2,1-3H3,(H,23,27)/t21-/m0/s1. The lowest BCUT2D eigenvalue weighted by Gasteiger charge is -2.47. The molecule has 1 aromatic rings. The molecule has 7 nitrogen and oxygen atoms in total. The van der Waals surface area contributed by atoms with Gasteiger partial charge in [0.1, 0.15) is 5.54 Å². The van der Waals surface area contributed by atoms with Crippen LogP contribution in [0, 0.1) is 6.92 Å². The van der Waals surface area contributed by atoms with Crippen molar-refractivity contribution in [2.75, 3.05) is 24.2 Å². The topological polar surface area (TPSA) is 86.8 Å². The van der Waals surface area contributed by atoms with Gasteiger partial charge in [0.05, 0.1) is 12.8 Å². The number of piperazine rings is 1. The van der Waals surface area contributed by atoms with Crippen LogP contribution in [0.1, 0.15) is 51.0 Å². The number of benzene rings is 1. The van der Waals surface area contributed by atoms with E-state index in [9.17, 15) is 18.0 Å². The van der Waals surface area contributed by atoms with Gasteiger partial charge in [0.15, 0.2) is 0 Å². The summed E-state index contributed by atoms with van der Waals surface area (Å²) in [7, 11) is -3.65. The summed E-state index contributed by atoms with van der Waals surface area (Å²) >= 11 is 6.19. The zero-order chi connectivity index (χ0) is 22.1. The van der Waals surface area contributed by atoms with E-state index in [4.69, 9.17) is 11.6 Å². The molecule has 1 N–H and O–H groups in total. The lowest BCUT2D eigenvalue weighted by atomic mass is 9.92. The van der Waals surface area contributed by atoms with E-state index in [1.54, 1.807) is 25.1 Å². The van der Waals surface area contributed by atoms with Crippen molar-refractivity contribution < 1.29 is 18.0 Å². The van der Waals surface area contributed by atoms with E-state index in [0.29, 0.717) is 10.7 Å². The summed E-state index contributed by atoms with van der Waals surface area (Å²) in [5.41, 5.74) is -0.0756. The predicted octanol–water partition coefficient (Wildman–Crippen LogP) is 2.85. The molecule has 1 aliphatic heterocycles. The third-order valence-electron chi connectivity index (χ3n) is 6.10. The third kappa shape index (κ3) is 4.81. The summed E-state index contributed by atoms with van der Waals surface area (Å²) in [5.74, 6) is -0.786. The second-order valence-electron chi connectivity index (χ2n) is 8.63. The number of rotatable bonds is 4. The SMILES string of the molecule is Cc1ccc(Cl)cc1N1C(=O)CN(S(C)(=O)=O)C[C@@]1(C)C(=O)NC1CCCCCC1. The molecule has 1 aromatic carbocycles. The zero-order valence-corrected chi connectivity index (χ0v) is 19.4. The van der Waals surface area contributed by atoms with Gasteiger partial charge >= 0.3 is 0 Å². The summed E-state index contributed by atoms with van der Waals surface area (Å²) in [6.07, 6.45) is 7.24. The maximum Gasteiger partial charge on any atom is 0.247 e. The molecule has 0 spiro atoms. The van der Waals surface area contributed by atoms with Crippen LogP contribution in [-0.2, 0) is 19.6 Å². The highest BCUT2D eigenvalue weighted by molar-refractivity contribution is 7.88. The average molecular weight is 456 g/mol. The van der Waals surface area contributed by atoms with Gasteiger partial charge in [-0.2, -0.15) is 4.31 Å². The van der Waals surface area contributed by atoms with E-state index in [0.717, 1.165) is 54.6 Å². The summed E-state index contributed by atoms with van der Waals surface area (Å²) in [4.78, 5) is 28.2. The van der Waals surface area contributed by atoms with Crippen LogP contribution < -0.4 is 10.2 Å². The van der Waals surface area contributed by atoms with Crippen molar-refractivity contribution in [1.82, 2.24) is 9.62 Å². The van der Waals surface area contributed by atoms with Crippen LogP contribution >= 0.6 is 11.6 Å². The van der Waals surface area contributed by atoms with Crippen LogP contribution in [0.4, 0.5) is 5.69 Å². The van der Waals surface area contributed by atoms with Gasteiger partial charge in [-0.25, -0.2) is 8.42 Å². The fourth-order valence-corrected chi connectivity index (χ4v) is 5.36. The molecule has 1 atom stereocenters. The van der Waals surface area contributed by atoms with Crippen molar-refractivity contribution in [2.24, 2.45) is 0 Å². The first kappa shape index (κ1) is 23.0. The Balaban J connectivity index is 2.01. The van der Waals surface area contributed by atoms with E-state index in [2.05, 4.69) is 5.32 Å². The van der Waals surface area contributed by atoms with Crippen molar-refractivity contribution in [2.45, 2.75) is 64.0 Å². The molecule has 166 valence electrons. The molecule has 2 amide bonds. The molecule has 0 unspecified atom stereocenters. The van der Waals surface area contributed by atoms with Crippen LogP contribution in [-0.4, -0.2) is 55.5 Å². The second kappa shape index (κ2) is 8.85. The molecule has 0 bridgehead atoms. The monoisotopic (exact) mass is 455 g/mol. The summed E-state index contributed by atoms with van der Waals surface area (Å²) in [6.45, 7) is 3.05. The van der Waals surface area contributed by atoms with Gasteiger partial charge in [-0.15, -0.1) is 0 Å². The van der Waals surface area contributed by atoms with Crippen LogP contribution in [0.15, 0.2) is 18.2 Å². The number of amides is 2. The number of carbonyl (C=O) groups is 2. The fraction of sp³-hybridized carbons (Fsp3) is 0.619. The quantitative estimate of drug-likeness (QED) is 0.707. The van der Waals surface area contributed by atoms with Crippen LogP contribution in [0.3, 0.4) is 0 Å². The van der Waals surface area contributed by atoms with Gasteiger partial charge in [-0.05, 0) is 44.4 Å². The number of halogens is 1. The molecule has 3 rings (SSSR count). The largest absolute Gasteiger partial charge is 0.351 e. The van der Waals surface area contributed by atoms with Crippen LogP contribution in [0.5, 0.6) is 0 Å². The normalized spacial score (nSPS) is 24.5. The minimum absolute atomic E-state index is 0.0304. The highest BCUT2D eigenvalue weighted by Gasteiger charge is 2.51. The summed E-state index contributed by atoms with van der Waals surface area (Å²) in [5, 5.41) is 3.55. The molecule has 1 saturated heterocycles. The molecule has 0 aromatic heterocycles. The first-order valence-corrected chi connectivity index (χ1v) is 12.6. The second-order valence-corrected chi connectivity index (χ2v) is 11.0. The highest BCUT2D eigenvalue weighted by atomic mass is 35.5. The first-order valence-electron chi connectivity index (χ1n) is 10.4. The predicted molar refractivity (Wildman–Crippen MR) is 118 cm³/mol. The van der Waals surface area contributed by atoms with Gasteiger partial charge in [0.2, 0.25) is 21.8 Å². The Morgan fingerprint density at radius 3 is 2.43 bits per heavy atom. The maximum atomic E-state index is 13.5. The molecule has 2 fully saturated rings. The lowest BCUT2D eigenvalue weighted by Crippen LogP contribution is -2.70. The molecule has 1 heterocycles. The minimum atomic E-state index is -3.65. The van der Waals surface area contributed by atoms with Gasteiger partial charge in [-0.1, -0.05) is 43.4 Å². The number of anilines is 1. The average Bonchev–Trinajstić information content (AvgIpc) is 2.92. The van der Waals surface area contributed by atoms with Crippen molar-refractivity contribution >= 4 is 39.1 Å². The zero-order valence-electron chi connectivity index (χ0n) is 17.8. The summed E-state index contributed by atoms with van der Waals surface area (Å²) in [6, 6.07) is 5.20. The van der Waals surface area contributed by atoms with Crippen molar-refractivity contribution in [3.8, 4) is 0 Å². The van der Waals surface area contributed by atoms with Gasteiger partial charge < -0.3 is 5.32 Å². The Hall–Kier alpha value is -1.64. The third-order valence-corrected chi connectivity index (χ3v) is 7.53. The van der Waals surface area contributed by atoms with Gasteiger partial charge in [0, 0.05) is 23.3 Å². The van der Waals surface area contributed by atoms with E-state index in [-0.39, 0.29) is 25.0 Å². The smallest absolute Gasteiger partial charge is 0.247 e. The number of hydrogen-bond acceptors (Lipinski definition) is 4. The molecular formula is C21H30ClN3O4S. The van der Waals surface area contributed by atoms with Crippen LogP contribution in [0.25, 0.3) is 0 Å². The Labute approximate surface area is 183 Å². The van der Waals surface area contributed by atoms with Crippen molar-refractivity contribution in [3.05, 3.63) is 28.8 Å². The molecular weight excluding hydrogens is 426 g/mol. The van der Waals surface area contributed by atoms with E-state index in [1.807, 2.05) is 6.92 Å². The number of carbonyl (C=O) groups excluding carboxylic acids is 2. The van der Waals surface area contributed by atoms with Crippen LogP contribution in [0.2, 0.25) is 5.02 Å². The lowest BCUT2D eigenvalue weighted by molar-refractivity contribution is -0.133. The Morgan fingerprint density at radius 2 is 1.83 bits per heavy atom. The number of hydrogen-bond donors (Lipinski definition) is 1. The number of aryl methyl sites for hydroxylation is 1. The van der Waals surface area contributed by atoms with Crippen molar-refractivity contribution in [3.63, 3.8) is 0 Å².